The Hall–Kier alpha value is -2.97. The summed E-state index contributed by atoms with van der Waals surface area (Å²) in [4.78, 5) is 13.0. The van der Waals surface area contributed by atoms with E-state index in [1.807, 2.05) is 0 Å². The van der Waals surface area contributed by atoms with E-state index in [-0.39, 0.29) is 29.2 Å². The number of nitrogens with two attached hydrogens (primary N) is 2. The van der Waals surface area contributed by atoms with Crippen molar-refractivity contribution in [2.45, 2.75) is 0 Å². The highest BCUT2D eigenvalue weighted by molar-refractivity contribution is 5.93. The van der Waals surface area contributed by atoms with E-state index >= 15 is 0 Å². The fourth-order valence-corrected chi connectivity index (χ4v) is 1.52. The fourth-order valence-electron chi connectivity index (χ4n) is 1.52. The zero-order chi connectivity index (χ0) is 14.7. The van der Waals surface area contributed by atoms with Gasteiger partial charge in [0.15, 0.2) is 0 Å². The third kappa shape index (κ3) is 2.55. The number of nitrogens with zero attached hydrogens (tertiary/aromatic N) is 5. The van der Waals surface area contributed by atoms with Crippen LogP contribution >= 0.6 is 0 Å². The quantitative estimate of drug-likeness (QED) is 0.322. The first-order valence-electron chi connectivity index (χ1n) is 5.50. The van der Waals surface area contributed by atoms with E-state index < -0.39 is 5.82 Å². The van der Waals surface area contributed by atoms with E-state index in [0.717, 1.165) is 0 Å². The lowest BCUT2D eigenvalue weighted by Crippen LogP contribution is -2.22. The summed E-state index contributed by atoms with van der Waals surface area (Å²) in [6.07, 6.45) is 0. The zero-order valence-electron chi connectivity index (χ0n) is 10.5. The molecule has 0 spiro atoms. The number of benzene rings is 1. The number of nitrogen functional groups attached to an aromatic ring is 1. The molecule has 1 aromatic heterocycles. The van der Waals surface area contributed by atoms with Gasteiger partial charge in [-0.15, -0.1) is 0 Å². The normalized spacial score (nSPS) is 11.4. The van der Waals surface area contributed by atoms with Crippen LogP contribution in [-0.4, -0.2) is 33.0 Å². The van der Waals surface area contributed by atoms with Crippen LogP contribution in [0.25, 0.3) is 0 Å². The maximum Gasteiger partial charge on any atom is 0.235 e. The molecule has 0 aliphatic heterocycles. The molecule has 20 heavy (non-hydrogen) atoms. The van der Waals surface area contributed by atoms with Gasteiger partial charge in [0.05, 0.1) is 5.69 Å². The van der Waals surface area contributed by atoms with Crippen LogP contribution in [0, 0.1) is 5.82 Å². The first kappa shape index (κ1) is 13.5. The summed E-state index contributed by atoms with van der Waals surface area (Å²) < 4.78 is 13.7. The maximum absolute atomic E-state index is 13.7. The number of rotatable bonds is 3. The molecule has 2 rings (SSSR count). The van der Waals surface area contributed by atoms with E-state index in [1.165, 1.54) is 11.0 Å². The van der Waals surface area contributed by atoms with Crippen molar-refractivity contribution in [1.29, 1.82) is 0 Å². The lowest BCUT2D eigenvalue weighted by atomic mass is 10.3. The van der Waals surface area contributed by atoms with Gasteiger partial charge in [0.25, 0.3) is 0 Å². The molecule has 0 saturated heterocycles. The molecule has 0 atom stereocenters. The van der Waals surface area contributed by atoms with Crippen LogP contribution in [0.2, 0.25) is 0 Å². The third-order valence-electron chi connectivity index (χ3n) is 2.49. The van der Waals surface area contributed by atoms with Crippen LogP contribution < -0.4 is 16.4 Å². The second-order valence-electron chi connectivity index (χ2n) is 3.81. The van der Waals surface area contributed by atoms with Gasteiger partial charge in [0.2, 0.25) is 23.6 Å². The van der Waals surface area contributed by atoms with E-state index in [0.29, 0.717) is 0 Å². The van der Waals surface area contributed by atoms with Gasteiger partial charge >= 0.3 is 0 Å². The minimum Gasteiger partial charge on any atom is -0.409 e. The number of amidine groups is 1. The average Bonchev–Trinajstić information content (AvgIpc) is 2.45. The van der Waals surface area contributed by atoms with Crippen molar-refractivity contribution < 1.29 is 9.60 Å². The van der Waals surface area contributed by atoms with Crippen molar-refractivity contribution >= 4 is 23.4 Å². The molecule has 5 N–H and O–H groups in total. The zero-order valence-corrected chi connectivity index (χ0v) is 10.5. The second kappa shape index (κ2) is 5.34. The highest BCUT2D eigenvalue weighted by atomic mass is 19.1. The van der Waals surface area contributed by atoms with Gasteiger partial charge in [0.1, 0.15) is 5.82 Å². The molecule has 0 aliphatic carbocycles. The lowest BCUT2D eigenvalue weighted by molar-refractivity contribution is 0.318. The monoisotopic (exact) mass is 277 g/mol. The van der Waals surface area contributed by atoms with Crippen molar-refractivity contribution in [2.24, 2.45) is 10.9 Å². The summed E-state index contributed by atoms with van der Waals surface area (Å²) in [6.45, 7) is 0. The van der Waals surface area contributed by atoms with Gasteiger partial charge in [-0.05, 0) is 12.1 Å². The number of hydrogen-bond donors (Lipinski definition) is 3. The summed E-state index contributed by atoms with van der Waals surface area (Å²) in [5.74, 6) is -0.913. The maximum atomic E-state index is 13.7. The van der Waals surface area contributed by atoms with Crippen molar-refractivity contribution in [1.82, 2.24) is 15.0 Å². The Bertz CT molecular complexity index is 661. The summed E-state index contributed by atoms with van der Waals surface area (Å²) in [7, 11) is 1.56. The van der Waals surface area contributed by atoms with Gasteiger partial charge in [-0.3, -0.25) is 0 Å². The molecule has 8 nitrogen and oxygen atoms in total. The molecule has 0 radical (unpaired) electrons. The Morgan fingerprint density at radius 1 is 1.30 bits per heavy atom. The molecule has 0 amide bonds. The van der Waals surface area contributed by atoms with Gasteiger partial charge in [-0.1, -0.05) is 17.3 Å². The summed E-state index contributed by atoms with van der Waals surface area (Å²) in [6, 6.07) is 6.10. The molecule has 1 heterocycles. The van der Waals surface area contributed by atoms with Gasteiger partial charge < -0.3 is 21.6 Å². The Morgan fingerprint density at radius 3 is 2.65 bits per heavy atom. The van der Waals surface area contributed by atoms with Crippen molar-refractivity contribution in [3.8, 4) is 0 Å². The summed E-state index contributed by atoms with van der Waals surface area (Å²) in [5, 5.41) is 11.4. The standard InChI is InChI=1S/C11H12FN7O/c1-19(7-5-3-2-4-6(7)12)11-16-9(8(13)18-20)15-10(14)17-11/h2-5,20H,1H3,(H2,13,18)(H2,14,15,16,17). The molecule has 9 heteroatoms. The minimum absolute atomic E-state index is 0.0733. The Labute approximate surface area is 113 Å². The van der Waals surface area contributed by atoms with E-state index in [2.05, 4.69) is 20.1 Å². The summed E-state index contributed by atoms with van der Waals surface area (Å²) >= 11 is 0. The highest BCUT2D eigenvalue weighted by Crippen LogP contribution is 2.23. The molecule has 0 fully saturated rings. The van der Waals surface area contributed by atoms with E-state index in [4.69, 9.17) is 16.7 Å². The number of oxime groups is 1. The molecule has 0 unspecified atom stereocenters. The van der Waals surface area contributed by atoms with E-state index in [1.54, 1.807) is 25.2 Å². The van der Waals surface area contributed by atoms with Crippen LogP contribution in [-0.2, 0) is 0 Å². The predicted molar refractivity (Wildman–Crippen MR) is 71.2 cm³/mol. The molecule has 0 saturated carbocycles. The molecule has 104 valence electrons. The van der Waals surface area contributed by atoms with Crippen molar-refractivity contribution in [2.75, 3.05) is 17.7 Å². The first-order chi connectivity index (χ1) is 9.52. The molecule has 1 aromatic carbocycles. The Morgan fingerprint density at radius 2 is 2.00 bits per heavy atom. The average molecular weight is 277 g/mol. The van der Waals surface area contributed by atoms with Crippen molar-refractivity contribution in [3.63, 3.8) is 0 Å². The number of hydrogen-bond acceptors (Lipinski definition) is 7. The van der Waals surface area contributed by atoms with Crippen LogP contribution in [0.3, 0.4) is 0 Å². The second-order valence-corrected chi connectivity index (χ2v) is 3.81. The molecule has 0 aliphatic rings. The smallest absolute Gasteiger partial charge is 0.235 e. The van der Waals surface area contributed by atoms with Crippen LogP contribution in [0.5, 0.6) is 0 Å². The molecule has 2 aromatic rings. The molecular formula is C11H12FN7O. The fraction of sp³-hybridized carbons (Fsp3) is 0.0909. The number of aromatic nitrogens is 3. The van der Waals surface area contributed by atoms with Gasteiger partial charge in [-0.2, -0.15) is 15.0 Å². The topological polar surface area (TPSA) is 127 Å². The van der Waals surface area contributed by atoms with Gasteiger partial charge in [-0.25, -0.2) is 4.39 Å². The van der Waals surface area contributed by atoms with Crippen LogP contribution in [0.15, 0.2) is 29.4 Å². The largest absolute Gasteiger partial charge is 0.409 e. The highest BCUT2D eigenvalue weighted by Gasteiger charge is 2.15. The van der Waals surface area contributed by atoms with Crippen molar-refractivity contribution in [3.05, 3.63) is 35.9 Å². The Balaban J connectivity index is 2.48. The van der Waals surface area contributed by atoms with Gasteiger partial charge in [0, 0.05) is 7.05 Å². The van der Waals surface area contributed by atoms with E-state index in [9.17, 15) is 4.39 Å². The number of para-hydroxylation sites is 1. The van der Waals surface area contributed by atoms with Crippen LogP contribution in [0.1, 0.15) is 5.82 Å². The molecular weight excluding hydrogens is 265 g/mol. The Kier molecular flexibility index (Phi) is 3.60. The number of halogens is 1. The SMILES string of the molecule is CN(c1nc(N)nc(C(N)=NO)n1)c1ccccc1F. The first-order valence-corrected chi connectivity index (χ1v) is 5.50. The third-order valence-corrected chi connectivity index (χ3v) is 2.49. The van der Waals surface area contributed by atoms with Crippen LogP contribution in [0.4, 0.5) is 22.0 Å². The summed E-state index contributed by atoms with van der Waals surface area (Å²) in [5.41, 5.74) is 11.2. The predicted octanol–water partition coefficient (Wildman–Crippen LogP) is 0.455. The number of anilines is 3. The minimum atomic E-state index is -0.445. The lowest BCUT2D eigenvalue weighted by Gasteiger charge is -2.18. The molecule has 0 bridgehead atoms.